The number of amides is 1. The maximum absolute atomic E-state index is 13.5. The van der Waals surface area contributed by atoms with Gasteiger partial charge in [-0.05, 0) is 17.7 Å². The van der Waals surface area contributed by atoms with Gasteiger partial charge in [0.2, 0.25) is 0 Å². The van der Waals surface area contributed by atoms with Crippen LogP contribution in [0.1, 0.15) is 21.5 Å². The third-order valence-corrected chi connectivity index (χ3v) is 2.84. The van der Waals surface area contributed by atoms with Crippen LogP contribution in [0.5, 0.6) is 5.75 Å². The molecule has 0 aromatic heterocycles. The average molecular weight is 259 g/mol. The standard InChI is InChI=1S/C15H14FNO2/c1-19-14-11(7-10-5-3-2-4-6-10)8-12(16)9-13(14)15(17)18/h2-6,8-9H,7H2,1H3,(H2,17,18). The molecule has 0 aliphatic carbocycles. The van der Waals surface area contributed by atoms with E-state index in [0.29, 0.717) is 17.7 Å². The van der Waals surface area contributed by atoms with Crippen LogP contribution in [-0.2, 0) is 6.42 Å². The smallest absolute Gasteiger partial charge is 0.252 e. The van der Waals surface area contributed by atoms with Crippen LogP contribution in [0, 0.1) is 5.82 Å². The molecule has 4 heteroatoms. The zero-order valence-corrected chi connectivity index (χ0v) is 10.5. The predicted molar refractivity (Wildman–Crippen MR) is 70.7 cm³/mol. The Morgan fingerprint density at radius 3 is 2.53 bits per heavy atom. The number of nitrogens with two attached hydrogens (primary N) is 1. The Balaban J connectivity index is 2.47. The third kappa shape index (κ3) is 2.91. The van der Waals surface area contributed by atoms with E-state index in [9.17, 15) is 9.18 Å². The molecule has 0 saturated carbocycles. The molecule has 0 fully saturated rings. The van der Waals surface area contributed by atoms with Crippen molar-refractivity contribution in [2.75, 3.05) is 7.11 Å². The molecule has 0 spiro atoms. The minimum Gasteiger partial charge on any atom is -0.496 e. The van der Waals surface area contributed by atoms with Crippen molar-refractivity contribution in [3.63, 3.8) is 0 Å². The molecule has 0 radical (unpaired) electrons. The lowest BCUT2D eigenvalue weighted by Crippen LogP contribution is -2.14. The van der Waals surface area contributed by atoms with Gasteiger partial charge >= 0.3 is 0 Å². The lowest BCUT2D eigenvalue weighted by atomic mass is 10.0. The van der Waals surface area contributed by atoms with Crippen LogP contribution in [0.2, 0.25) is 0 Å². The van der Waals surface area contributed by atoms with Crippen molar-refractivity contribution in [2.24, 2.45) is 5.73 Å². The highest BCUT2D eigenvalue weighted by atomic mass is 19.1. The number of rotatable bonds is 4. The largest absolute Gasteiger partial charge is 0.496 e. The van der Waals surface area contributed by atoms with E-state index in [1.165, 1.54) is 13.2 Å². The fourth-order valence-electron chi connectivity index (χ4n) is 2.02. The highest BCUT2D eigenvalue weighted by Crippen LogP contribution is 2.27. The average Bonchev–Trinajstić information content (AvgIpc) is 2.39. The normalized spacial score (nSPS) is 10.2. The van der Waals surface area contributed by atoms with E-state index in [4.69, 9.17) is 10.5 Å². The molecule has 0 atom stereocenters. The van der Waals surface area contributed by atoms with Crippen LogP contribution in [0.15, 0.2) is 42.5 Å². The Labute approximate surface area is 110 Å². The molecular weight excluding hydrogens is 245 g/mol. The number of primary amides is 1. The van der Waals surface area contributed by atoms with Gasteiger partial charge in [-0.1, -0.05) is 30.3 Å². The van der Waals surface area contributed by atoms with Crippen LogP contribution >= 0.6 is 0 Å². The lowest BCUT2D eigenvalue weighted by molar-refractivity contribution is 0.0996. The number of carbonyl (C=O) groups is 1. The zero-order chi connectivity index (χ0) is 13.8. The maximum atomic E-state index is 13.5. The van der Waals surface area contributed by atoms with Crippen molar-refractivity contribution < 1.29 is 13.9 Å². The van der Waals surface area contributed by atoms with E-state index in [2.05, 4.69) is 0 Å². The van der Waals surface area contributed by atoms with E-state index in [1.807, 2.05) is 30.3 Å². The van der Waals surface area contributed by atoms with Crippen LogP contribution in [-0.4, -0.2) is 13.0 Å². The number of ether oxygens (including phenoxy) is 1. The van der Waals surface area contributed by atoms with Crippen molar-refractivity contribution in [1.29, 1.82) is 0 Å². The van der Waals surface area contributed by atoms with E-state index in [-0.39, 0.29) is 5.56 Å². The topological polar surface area (TPSA) is 52.3 Å². The lowest BCUT2D eigenvalue weighted by Gasteiger charge is -2.12. The molecule has 0 saturated heterocycles. The van der Waals surface area contributed by atoms with Crippen molar-refractivity contribution >= 4 is 5.91 Å². The van der Waals surface area contributed by atoms with Crippen LogP contribution < -0.4 is 10.5 Å². The first-order chi connectivity index (χ1) is 9.11. The van der Waals surface area contributed by atoms with Crippen molar-refractivity contribution in [2.45, 2.75) is 6.42 Å². The Bertz CT molecular complexity index is 597. The van der Waals surface area contributed by atoms with Gasteiger partial charge in [0.25, 0.3) is 5.91 Å². The number of methoxy groups -OCH3 is 1. The molecular formula is C15H14FNO2. The molecule has 0 bridgehead atoms. The molecule has 0 aliphatic rings. The van der Waals surface area contributed by atoms with Gasteiger partial charge in [-0.25, -0.2) is 4.39 Å². The first-order valence-corrected chi connectivity index (χ1v) is 5.82. The second kappa shape index (κ2) is 5.52. The molecule has 19 heavy (non-hydrogen) atoms. The summed E-state index contributed by atoms with van der Waals surface area (Å²) >= 11 is 0. The van der Waals surface area contributed by atoms with Crippen molar-refractivity contribution in [3.8, 4) is 5.75 Å². The van der Waals surface area contributed by atoms with Gasteiger partial charge in [0, 0.05) is 12.0 Å². The van der Waals surface area contributed by atoms with Gasteiger partial charge < -0.3 is 10.5 Å². The molecule has 2 N–H and O–H groups in total. The van der Waals surface area contributed by atoms with Gasteiger partial charge in [0.1, 0.15) is 11.6 Å². The molecule has 0 unspecified atom stereocenters. The van der Waals surface area contributed by atoms with Gasteiger partial charge in [-0.2, -0.15) is 0 Å². The Morgan fingerprint density at radius 2 is 1.95 bits per heavy atom. The molecule has 98 valence electrons. The van der Waals surface area contributed by atoms with E-state index in [1.54, 1.807) is 0 Å². The first-order valence-electron chi connectivity index (χ1n) is 5.82. The SMILES string of the molecule is COc1c(Cc2ccccc2)cc(F)cc1C(N)=O. The number of benzene rings is 2. The summed E-state index contributed by atoms with van der Waals surface area (Å²) < 4.78 is 18.7. The summed E-state index contributed by atoms with van der Waals surface area (Å²) in [6.45, 7) is 0. The highest BCUT2D eigenvalue weighted by Gasteiger charge is 2.16. The van der Waals surface area contributed by atoms with Gasteiger partial charge in [-0.15, -0.1) is 0 Å². The second-order valence-electron chi connectivity index (χ2n) is 4.17. The number of hydrogen-bond acceptors (Lipinski definition) is 2. The molecule has 2 rings (SSSR count). The number of carbonyl (C=O) groups excluding carboxylic acids is 1. The van der Waals surface area contributed by atoms with E-state index >= 15 is 0 Å². The quantitative estimate of drug-likeness (QED) is 0.917. The summed E-state index contributed by atoms with van der Waals surface area (Å²) in [5.41, 5.74) is 6.90. The van der Waals surface area contributed by atoms with Crippen LogP contribution in [0.25, 0.3) is 0 Å². The molecule has 0 heterocycles. The zero-order valence-electron chi connectivity index (χ0n) is 10.5. The number of halogens is 1. The Hall–Kier alpha value is -2.36. The maximum Gasteiger partial charge on any atom is 0.252 e. The monoisotopic (exact) mass is 259 g/mol. The fraction of sp³-hybridized carbons (Fsp3) is 0.133. The second-order valence-corrected chi connectivity index (χ2v) is 4.17. The van der Waals surface area contributed by atoms with E-state index in [0.717, 1.165) is 11.6 Å². The summed E-state index contributed by atoms with van der Waals surface area (Å²) in [6.07, 6.45) is 0.474. The predicted octanol–water partition coefficient (Wildman–Crippen LogP) is 2.52. The van der Waals surface area contributed by atoms with Gasteiger partial charge in [0.05, 0.1) is 12.7 Å². The summed E-state index contributed by atoms with van der Waals surface area (Å²) in [4.78, 5) is 11.3. The van der Waals surface area contributed by atoms with Crippen LogP contribution in [0.4, 0.5) is 4.39 Å². The number of hydrogen-bond donors (Lipinski definition) is 1. The van der Waals surface area contributed by atoms with Crippen molar-refractivity contribution in [1.82, 2.24) is 0 Å². The summed E-state index contributed by atoms with van der Waals surface area (Å²) in [5.74, 6) is -0.871. The fourth-order valence-corrected chi connectivity index (χ4v) is 2.02. The first kappa shape index (κ1) is 13.1. The molecule has 2 aromatic carbocycles. The minimum absolute atomic E-state index is 0.0634. The summed E-state index contributed by atoms with van der Waals surface area (Å²) in [5, 5.41) is 0. The van der Waals surface area contributed by atoms with Crippen LogP contribution in [0.3, 0.4) is 0 Å². The molecule has 1 amide bonds. The minimum atomic E-state index is -0.703. The van der Waals surface area contributed by atoms with Gasteiger partial charge in [0.15, 0.2) is 0 Å². The molecule has 3 nitrogen and oxygen atoms in total. The molecule has 2 aromatic rings. The van der Waals surface area contributed by atoms with E-state index < -0.39 is 11.7 Å². The molecule has 0 aliphatic heterocycles. The Morgan fingerprint density at radius 1 is 1.26 bits per heavy atom. The third-order valence-electron chi connectivity index (χ3n) is 2.84. The highest BCUT2D eigenvalue weighted by molar-refractivity contribution is 5.96. The summed E-state index contributed by atoms with van der Waals surface area (Å²) in [6, 6.07) is 12.0. The van der Waals surface area contributed by atoms with Gasteiger partial charge in [-0.3, -0.25) is 4.79 Å². The Kier molecular flexibility index (Phi) is 3.80. The van der Waals surface area contributed by atoms with Crippen molar-refractivity contribution in [3.05, 3.63) is 65.0 Å². The summed E-state index contributed by atoms with van der Waals surface area (Å²) in [7, 11) is 1.44.